The molecule has 2 N–H and O–H groups in total. The first kappa shape index (κ1) is 16.9. The number of hydrogen-bond acceptors (Lipinski definition) is 6. The molecule has 0 radical (unpaired) electrons. The number of aromatic carboxylic acids is 1. The van der Waals surface area contributed by atoms with Gasteiger partial charge in [0.15, 0.2) is 0 Å². The van der Waals surface area contributed by atoms with Gasteiger partial charge in [0.1, 0.15) is 0 Å². The van der Waals surface area contributed by atoms with Crippen LogP contribution >= 0.6 is 0 Å². The van der Waals surface area contributed by atoms with Crippen LogP contribution in [0.1, 0.15) is 20.7 Å². The minimum absolute atomic E-state index is 0.0443. The number of carbonyl (C=O) groups excluding carboxylic acids is 1. The van der Waals surface area contributed by atoms with Crippen molar-refractivity contribution in [2.24, 2.45) is 20.5 Å². The van der Waals surface area contributed by atoms with Crippen LogP contribution in [0.2, 0.25) is 0 Å². The Morgan fingerprint density at radius 2 is 1.62 bits per heavy atom. The largest absolute Gasteiger partial charge is 0.478 e. The fourth-order valence-electron chi connectivity index (χ4n) is 1.98. The van der Waals surface area contributed by atoms with Crippen LogP contribution in [-0.2, 0) is 0 Å². The Morgan fingerprint density at radius 1 is 0.958 bits per heavy atom. The van der Waals surface area contributed by atoms with E-state index in [1.54, 1.807) is 37.4 Å². The summed E-state index contributed by atoms with van der Waals surface area (Å²) in [6, 6.07) is 10.9. The van der Waals surface area contributed by atoms with E-state index in [0.29, 0.717) is 16.9 Å². The molecule has 0 aliphatic rings. The van der Waals surface area contributed by atoms with E-state index in [1.807, 2.05) is 0 Å². The molecule has 0 unspecified atom stereocenters. The quantitative estimate of drug-likeness (QED) is 0.807. The van der Waals surface area contributed by atoms with Crippen molar-refractivity contribution < 1.29 is 14.7 Å². The Kier molecular flexibility index (Phi) is 5.45. The number of carbonyl (C=O) groups is 2. The zero-order valence-corrected chi connectivity index (χ0v) is 13.1. The highest BCUT2D eigenvalue weighted by Gasteiger charge is 2.13. The summed E-state index contributed by atoms with van der Waals surface area (Å²) in [7, 11) is 3.01. The van der Waals surface area contributed by atoms with Crippen LogP contribution in [-0.4, -0.2) is 31.1 Å². The van der Waals surface area contributed by atoms with Gasteiger partial charge in [-0.3, -0.25) is 4.79 Å². The van der Waals surface area contributed by atoms with Crippen molar-refractivity contribution >= 4 is 28.9 Å². The van der Waals surface area contributed by atoms with Crippen LogP contribution in [0.3, 0.4) is 0 Å². The maximum atomic E-state index is 12.2. The van der Waals surface area contributed by atoms with Gasteiger partial charge in [-0.05, 0) is 42.5 Å². The lowest BCUT2D eigenvalue weighted by atomic mass is 10.1. The molecule has 0 aromatic heterocycles. The molecule has 0 atom stereocenters. The Morgan fingerprint density at radius 3 is 2.21 bits per heavy atom. The van der Waals surface area contributed by atoms with Crippen LogP contribution in [0.5, 0.6) is 0 Å². The molecule has 2 aromatic carbocycles. The lowest BCUT2D eigenvalue weighted by Crippen LogP contribution is -2.12. The normalized spacial score (nSPS) is 11.1. The minimum atomic E-state index is -1.15. The topological polar surface area (TPSA) is 116 Å². The Bertz CT molecular complexity index is 813. The van der Waals surface area contributed by atoms with E-state index in [9.17, 15) is 14.7 Å². The smallest absolute Gasteiger partial charge is 0.338 e. The summed E-state index contributed by atoms with van der Waals surface area (Å²) < 4.78 is 0. The molecule has 1 amide bonds. The summed E-state index contributed by atoms with van der Waals surface area (Å²) in [6.45, 7) is 0. The first-order valence-corrected chi connectivity index (χ1v) is 6.93. The summed E-state index contributed by atoms with van der Waals surface area (Å²) in [4.78, 5) is 23.5. The molecule has 0 aliphatic carbocycles. The lowest BCUT2D eigenvalue weighted by Gasteiger charge is -2.07. The predicted octanol–water partition coefficient (Wildman–Crippen LogP) is 4.06. The number of carboxylic acids is 1. The zero-order valence-electron chi connectivity index (χ0n) is 13.1. The number of nitrogens with zero attached hydrogens (tertiary/aromatic N) is 4. The van der Waals surface area contributed by atoms with Gasteiger partial charge in [0.25, 0.3) is 5.91 Å². The number of carboxylic acid groups (broad SMARTS) is 1. The van der Waals surface area contributed by atoms with Crippen molar-refractivity contribution in [1.82, 2.24) is 0 Å². The third kappa shape index (κ3) is 4.07. The van der Waals surface area contributed by atoms with Gasteiger partial charge < -0.3 is 10.4 Å². The van der Waals surface area contributed by atoms with E-state index >= 15 is 0 Å². The third-order valence-electron chi connectivity index (χ3n) is 3.04. The second-order valence-corrected chi connectivity index (χ2v) is 4.64. The van der Waals surface area contributed by atoms with E-state index < -0.39 is 5.97 Å². The highest BCUT2D eigenvalue weighted by atomic mass is 16.4. The molecule has 0 bridgehead atoms. The van der Waals surface area contributed by atoms with Crippen LogP contribution in [0.25, 0.3) is 0 Å². The number of benzene rings is 2. The molecule has 0 saturated carbocycles. The molecule has 8 nitrogen and oxygen atoms in total. The van der Waals surface area contributed by atoms with Crippen LogP contribution in [0.4, 0.5) is 17.1 Å². The zero-order chi connectivity index (χ0) is 17.5. The fraction of sp³-hybridized carbons (Fsp3) is 0.125. The standard InChI is InChI=1S/C16H15N5O3/c1-17-20-11-5-3-10(4-6-11)15(22)19-12-7-8-14(21-18-2)13(9-12)16(23)24/h3-9H,1-2H3,(H,19,22)(H,23,24)/b20-17+,21-18+. The van der Waals surface area contributed by atoms with Crippen molar-refractivity contribution in [1.29, 1.82) is 0 Å². The number of hydrogen-bond donors (Lipinski definition) is 2. The Balaban J connectivity index is 2.22. The second kappa shape index (κ2) is 7.73. The van der Waals surface area contributed by atoms with E-state index in [2.05, 4.69) is 25.8 Å². The first-order chi connectivity index (χ1) is 11.5. The van der Waals surface area contributed by atoms with Gasteiger partial charge in [-0.1, -0.05) is 0 Å². The third-order valence-corrected chi connectivity index (χ3v) is 3.04. The Hall–Kier alpha value is -3.42. The van der Waals surface area contributed by atoms with Crippen molar-refractivity contribution in [3.63, 3.8) is 0 Å². The average molecular weight is 325 g/mol. The highest BCUT2D eigenvalue weighted by molar-refractivity contribution is 6.05. The minimum Gasteiger partial charge on any atom is -0.478 e. The summed E-state index contributed by atoms with van der Waals surface area (Å²) in [5.41, 5.74) is 1.58. The molecule has 24 heavy (non-hydrogen) atoms. The molecular weight excluding hydrogens is 310 g/mol. The molecule has 8 heteroatoms. The van der Waals surface area contributed by atoms with Crippen molar-refractivity contribution in [2.45, 2.75) is 0 Å². The number of nitrogens with one attached hydrogen (secondary N) is 1. The second-order valence-electron chi connectivity index (χ2n) is 4.64. The van der Waals surface area contributed by atoms with Gasteiger partial charge in [0, 0.05) is 25.3 Å². The van der Waals surface area contributed by atoms with E-state index in [4.69, 9.17) is 0 Å². The van der Waals surface area contributed by atoms with Crippen LogP contribution in [0, 0.1) is 0 Å². The Labute approximate surface area is 138 Å². The summed E-state index contributed by atoms with van der Waals surface area (Å²) in [6.07, 6.45) is 0. The van der Waals surface area contributed by atoms with Crippen molar-refractivity contribution in [3.05, 3.63) is 53.6 Å². The maximum Gasteiger partial charge on any atom is 0.338 e. The summed E-state index contributed by atoms with van der Waals surface area (Å²) in [5, 5.41) is 26.7. The fourth-order valence-corrected chi connectivity index (χ4v) is 1.98. The SMILES string of the molecule is C/N=N/c1ccc(C(=O)Nc2ccc(/N=N/C)c(C(=O)O)c2)cc1. The molecule has 2 aromatic rings. The predicted molar refractivity (Wildman–Crippen MR) is 88.7 cm³/mol. The van der Waals surface area contributed by atoms with Crippen molar-refractivity contribution in [3.8, 4) is 0 Å². The molecule has 0 heterocycles. The van der Waals surface area contributed by atoms with Gasteiger partial charge in [0.2, 0.25) is 0 Å². The van der Waals surface area contributed by atoms with Crippen LogP contribution in [0.15, 0.2) is 62.9 Å². The van der Waals surface area contributed by atoms with Gasteiger partial charge in [-0.2, -0.15) is 20.5 Å². The average Bonchev–Trinajstić information content (AvgIpc) is 2.57. The molecule has 0 aliphatic heterocycles. The molecule has 2 rings (SSSR count). The highest BCUT2D eigenvalue weighted by Crippen LogP contribution is 2.24. The maximum absolute atomic E-state index is 12.2. The molecule has 0 spiro atoms. The number of azo groups is 2. The van der Waals surface area contributed by atoms with Crippen molar-refractivity contribution in [2.75, 3.05) is 19.4 Å². The molecule has 0 saturated heterocycles. The van der Waals surface area contributed by atoms with E-state index in [1.165, 1.54) is 19.2 Å². The number of anilines is 1. The van der Waals surface area contributed by atoms with E-state index in [-0.39, 0.29) is 17.2 Å². The van der Waals surface area contributed by atoms with Gasteiger partial charge in [-0.15, -0.1) is 0 Å². The molecule has 0 fully saturated rings. The van der Waals surface area contributed by atoms with Gasteiger partial charge >= 0.3 is 5.97 Å². The van der Waals surface area contributed by atoms with Gasteiger partial charge in [0.05, 0.1) is 16.9 Å². The molecular formula is C16H15N5O3. The number of amides is 1. The molecule has 122 valence electrons. The lowest BCUT2D eigenvalue weighted by molar-refractivity contribution is 0.0697. The van der Waals surface area contributed by atoms with Crippen LogP contribution < -0.4 is 5.32 Å². The van der Waals surface area contributed by atoms with E-state index in [0.717, 1.165) is 0 Å². The monoisotopic (exact) mass is 325 g/mol. The first-order valence-electron chi connectivity index (χ1n) is 6.93. The van der Waals surface area contributed by atoms with Gasteiger partial charge in [-0.25, -0.2) is 4.79 Å². The number of rotatable bonds is 5. The summed E-state index contributed by atoms with van der Waals surface area (Å²) >= 11 is 0. The summed E-state index contributed by atoms with van der Waals surface area (Å²) in [5.74, 6) is -1.51.